The van der Waals surface area contributed by atoms with Gasteiger partial charge in [-0.05, 0) is 54.5 Å². The third kappa shape index (κ3) is 1.65. The lowest BCUT2D eigenvalue weighted by Crippen LogP contribution is -2.45. The molecular weight excluding hydrogens is 230 g/mol. The summed E-state index contributed by atoms with van der Waals surface area (Å²) in [6, 6.07) is 14.6. The molecule has 2 bridgehead atoms. The molecule has 0 saturated heterocycles. The number of hydrogen-bond donors (Lipinski definition) is 1. The van der Waals surface area contributed by atoms with Crippen LogP contribution in [0.25, 0.3) is 0 Å². The summed E-state index contributed by atoms with van der Waals surface area (Å²) < 4.78 is 0. The van der Waals surface area contributed by atoms with Crippen LogP contribution >= 0.6 is 0 Å². The maximum Gasteiger partial charge on any atom is 0.0587 e. The molecule has 0 saturated carbocycles. The van der Waals surface area contributed by atoms with Crippen LogP contribution < -0.4 is 5.32 Å². The van der Waals surface area contributed by atoms with Crippen LogP contribution in [-0.2, 0) is 12.8 Å². The molecule has 0 spiro atoms. The topological polar surface area (TPSA) is 12.0 Å². The van der Waals surface area contributed by atoms with Gasteiger partial charge >= 0.3 is 0 Å². The Hall–Kier alpha value is -1.60. The Morgan fingerprint density at radius 1 is 1.00 bits per heavy atom. The van der Waals surface area contributed by atoms with Gasteiger partial charge < -0.3 is 5.32 Å². The first-order chi connectivity index (χ1) is 9.22. The Morgan fingerprint density at radius 2 is 1.79 bits per heavy atom. The summed E-state index contributed by atoms with van der Waals surface area (Å²) in [4.78, 5) is 0. The van der Waals surface area contributed by atoms with Crippen molar-refractivity contribution in [3.8, 4) is 0 Å². The minimum absolute atomic E-state index is 0.402. The monoisotopic (exact) mass is 249 g/mol. The molecule has 0 amide bonds. The van der Waals surface area contributed by atoms with Gasteiger partial charge in [0.05, 0.1) is 6.04 Å². The van der Waals surface area contributed by atoms with E-state index in [-0.39, 0.29) is 0 Å². The molecule has 1 nitrogen and oxygen atoms in total. The number of hydrogen-bond acceptors (Lipinski definition) is 1. The summed E-state index contributed by atoms with van der Waals surface area (Å²) in [7, 11) is 0. The van der Waals surface area contributed by atoms with Crippen LogP contribution in [0.2, 0.25) is 0 Å². The molecule has 1 N–H and O–H groups in total. The van der Waals surface area contributed by atoms with Gasteiger partial charge in [-0.15, -0.1) is 0 Å². The van der Waals surface area contributed by atoms with E-state index in [0.717, 1.165) is 0 Å². The van der Waals surface area contributed by atoms with Crippen LogP contribution in [0.15, 0.2) is 36.4 Å². The molecule has 2 aromatic rings. The highest BCUT2D eigenvalue weighted by Gasteiger charge is 2.33. The first kappa shape index (κ1) is 11.2. The molecule has 2 unspecified atom stereocenters. The summed E-state index contributed by atoms with van der Waals surface area (Å²) in [6.45, 7) is 4.46. The van der Waals surface area contributed by atoms with Gasteiger partial charge in [0.25, 0.3) is 0 Å². The van der Waals surface area contributed by atoms with Crippen molar-refractivity contribution in [2.45, 2.75) is 38.8 Å². The lowest BCUT2D eigenvalue weighted by Gasteiger charge is -2.40. The average molecular weight is 249 g/mol. The van der Waals surface area contributed by atoms with E-state index in [1.54, 1.807) is 5.56 Å². The number of fused-ring (bicyclic) bond motifs is 6. The number of rotatable bonds is 0. The second-order valence-electron chi connectivity index (χ2n) is 6.06. The molecule has 19 heavy (non-hydrogen) atoms. The SMILES string of the molecule is Cc1cc(C)c2c(c1)CC1Cc3ccccc3C2N1. The van der Waals surface area contributed by atoms with Gasteiger partial charge in [-0.3, -0.25) is 0 Å². The van der Waals surface area contributed by atoms with Crippen molar-refractivity contribution >= 4 is 0 Å². The zero-order valence-electron chi connectivity index (χ0n) is 11.5. The van der Waals surface area contributed by atoms with E-state index in [1.807, 2.05) is 0 Å². The van der Waals surface area contributed by atoms with Gasteiger partial charge in [0, 0.05) is 6.04 Å². The van der Waals surface area contributed by atoms with E-state index in [9.17, 15) is 0 Å². The van der Waals surface area contributed by atoms with Gasteiger partial charge in [-0.1, -0.05) is 42.0 Å². The van der Waals surface area contributed by atoms with Crippen molar-refractivity contribution in [2.24, 2.45) is 0 Å². The van der Waals surface area contributed by atoms with E-state index in [1.165, 1.54) is 40.7 Å². The Kier molecular flexibility index (Phi) is 2.33. The summed E-state index contributed by atoms with van der Waals surface area (Å²) in [5, 5.41) is 3.83. The van der Waals surface area contributed by atoms with Gasteiger partial charge in [0.1, 0.15) is 0 Å². The Balaban J connectivity index is 1.96. The number of aryl methyl sites for hydroxylation is 2. The van der Waals surface area contributed by atoms with Crippen LogP contribution in [-0.4, -0.2) is 6.04 Å². The highest BCUT2D eigenvalue weighted by Crippen LogP contribution is 2.39. The molecule has 2 aliphatic rings. The van der Waals surface area contributed by atoms with Gasteiger partial charge in [0.2, 0.25) is 0 Å². The van der Waals surface area contributed by atoms with E-state index < -0.39 is 0 Å². The Bertz CT molecular complexity index is 657. The van der Waals surface area contributed by atoms with Crippen molar-refractivity contribution in [1.29, 1.82) is 0 Å². The fourth-order valence-corrected chi connectivity index (χ4v) is 3.94. The minimum atomic E-state index is 0.402. The molecule has 96 valence electrons. The number of nitrogens with one attached hydrogen (secondary N) is 1. The lowest BCUT2D eigenvalue weighted by molar-refractivity contribution is 0.406. The first-order valence-electron chi connectivity index (χ1n) is 7.16. The fourth-order valence-electron chi connectivity index (χ4n) is 3.94. The molecule has 0 radical (unpaired) electrons. The molecule has 4 rings (SSSR count). The largest absolute Gasteiger partial charge is 0.303 e. The molecule has 2 atom stereocenters. The molecule has 0 fully saturated rings. The standard InChI is InChI=1S/C18H19N/c1-11-7-12(2)17-14(8-11)10-15-9-13-5-3-4-6-16(13)18(17)19-15/h3-8,15,18-19H,9-10H2,1-2H3. The molecule has 0 aromatic heterocycles. The van der Waals surface area contributed by atoms with Crippen LogP contribution in [0.5, 0.6) is 0 Å². The van der Waals surface area contributed by atoms with E-state index in [0.29, 0.717) is 12.1 Å². The zero-order chi connectivity index (χ0) is 13.0. The van der Waals surface area contributed by atoms with E-state index in [4.69, 9.17) is 0 Å². The fraction of sp³-hybridized carbons (Fsp3) is 0.333. The molecule has 2 aliphatic heterocycles. The average Bonchev–Trinajstić information content (AvgIpc) is 2.37. The Morgan fingerprint density at radius 3 is 2.68 bits per heavy atom. The van der Waals surface area contributed by atoms with Gasteiger partial charge in [0.15, 0.2) is 0 Å². The smallest absolute Gasteiger partial charge is 0.0587 e. The summed E-state index contributed by atoms with van der Waals surface area (Å²) in [5.41, 5.74) is 8.91. The van der Waals surface area contributed by atoms with Crippen LogP contribution in [0.1, 0.15) is 39.4 Å². The van der Waals surface area contributed by atoms with E-state index >= 15 is 0 Å². The van der Waals surface area contributed by atoms with Gasteiger partial charge in [-0.2, -0.15) is 0 Å². The summed E-state index contributed by atoms with van der Waals surface area (Å²) in [5.74, 6) is 0. The number of benzene rings is 2. The van der Waals surface area contributed by atoms with Crippen LogP contribution in [0, 0.1) is 13.8 Å². The predicted octanol–water partition coefficient (Wildman–Crippen LogP) is 3.46. The van der Waals surface area contributed by atoms with Crippen LogP contribution in [0.4, 0.5) is 0 Å². The molecule has 1 heteroatoms. The highest BCUT2D eigenvalue weighted by atomic mass is 15.0. The van der Waals surface area contributed by atoms with Crippen molar-refractivity contribution in [3.63, 3.8) is 0 Å². The van der Waals surface area contributed by atoms with Crippen molar-refractivity contribution in [3.05, 3.63) is 69.8 Å². The third-order valence-corrected chi connectivity index (χ3v) is 4.61. The van der Waals surface area contributed by atoms with Crippen molar-refractivity contribution in [2.75, 3.05) is 0 Å². The van der Waals surface area contributed by atoms with E-state index in [2.05, 4.69) is 55.6 Å². The third-order valence-electron chi connectivity index (χ3n) is 4.61. The van der Waals surface area contributed by atoms with Crippen molar-refractivity contribution in [1.82, 2.24) is 5.32 Å². The normalized spacial score (nSPS) is 23.7. The molecule has 2 heterocycles. The Labute approximate surface area is 114 Å². The second kappa shape index (κ2) is 3.94. The minimum Gasteiger partial charge on any atom is -0.303 e. The lowest BCUT2D eigenvalue weighted by atomic mass is 9.76. The maximum atomic E-state index is 3.83. The zero-order valence-corrected chi connectivity index (χ0v) is 11.5. The quantitative estimate of drug-likeness (QED) is 0.754. The first-order valence-corrected chi connectivity index (χ1v) is 7.16. The molecule has 0 aliphatic carbocycles. The summed E-state index contributed by atoms with van der Waals surface area (Å²) >= 11 is 0. The predicted molar refractivity (Wildman–Crippen MR) is 78.5 cm³/mol. The second-order valence-corrected chi connectivity index (χ2v) is 6.06. The maximum absolute atomic E-state index is 3.83. The molecular formula is C18H19N. The highest BCUT2D eigenvalue weighted by molar-refractivity contribution is 5.50. The molecule has 2 aromatic carbocycles. The van der Waals surface area contributed by atoms with Gasteiger partial charge in [-0.25, -0.2) is 0 Å². The summed E-state index contributed by atoms with van der Waals surface area (Å²) in [6.07, 6.45) is 2.34. The van der Waals surface area contributed by atoms with Crippen LogP contribution in [0.3, 0.4) is 0 Å². The van der Waals surface area contributed by atoms with Crippen molar-refractivity contribution < 1.29 is 0 Å².